The maximum Gasteiger partial charge on any atom is 0.305 e. The molecule has 0 rings (SSSR count). The molecule has 74 heavy (non-hydrogen) atoms. The highest BCUT2D eigenvalue weighted by Gasteiger charge is 2.18. The quantitative estimate of drug-likeness (QED) is 0.0320. The summed E-state index contributed by atoms with van der Waals surface area (Å²) in [5, 5.41) is 23.0. The van der Waals surface area contributed by atoms with Gasteiger partial charge in [0.2, 0.25) is 5.91 Å². The Balaban J connectivity index is 3.33. The normalized spacial score (nSPS) is 12.6. The molecule has 0 aliphatic carbocycles. The first-order chi connectivity index (χ1) is 36.5. The zero-order chi connectivity index (χ0) is 53.6. The van der Waals surface area contributed by atoms with Gasteiger partial charge in [-0.15, -0.1) is 0 Å². The Labute approximate surface area is 462 Å². The van der Waals surface area contributed by atoms with Gasteiger partial charge in [-0.1, -0.05) is 327 Å². The second-order valence-corrected chi connectivity index (χ2v) is 23.2. The molecule has 2 atom stereocenters. The van der Waals surface area contributed by atoms with Crippen LogP contribution in [0, 0.1) is 0 Å². The van der Waals surface area contributed by atoms with Crippen LogP contribution in [-0.4, -0.2) is 47.4 Å². The number of carbonyl (C=O) groups is 2. The molecule has 0 aromatic heterocycles. The molecule has 0 fully saturated rings. The molecule has 0 heterocycles. The third kappa shape index (κ3) is 59.6. The summed E-state index contributed by atoms with van der Waals surface area (Å²) >= 11 is 0. The summed E-state index contributed by atoms with van der Waals surface area (Å²) in [6, 6.07) is -0.624. The van der Waals surface area contributed by atoms with Crippen molar-refractivity contribution < 1.29 is 24.5 Å². The van der Waals surface area contributed by atoms with Gasteiger partial charge < -0.3 is 20.3 Å². The highest BCUT2D eigenvalue weighted by atomic mass is 16.5. The van der Waals surface area contributed by atoms with E-state index in [1.165, 1.54) is 308 Å². The highest BCUT2D eigenvalue weighted by molar-refractivity contribution is 5.76. The summed E-state index contributed by atoms with van der Waals surface area (Å²) < 4.78 is 5.50. The maximum absolute atomic E-state index is 12.4. The number of aliphatic hydroxyl groups is 2. The minimum atomic E-state index is -0.840. The molecule has 2 unspecified atom stereocenters. The number of esters is 1. The third-order valence-corrected chi connectivity index (χ3v) is 15.7. The van der Waals surface area contributed by atoms with Crippen LogP contribution in [0.2, 0.25) is 0 Å². The van der Waals surface area contributed by atoms with Crippen molar-refractivity contribution in [1.29, 1.82) is 0 Å². The molecule has 6 heteroatoms. The molecule has 6 nitrogen and oxygen atoms in total. The largest absolute Gasteiger partial charge is 0.466 e. The molecule has 0 bridgehead atoms. The summed E-state index contributed by atoms with van der Waals surface area (Å²) in [7, 11) is 0. The first kappa shape index (κ1) is 72.3. The summed E-state index contributed by atoms with van der Waals surface area (Å²) in [5.41, 5.74) is 0. The predicted molar refractivity (Wildman–Crippen MR) is 324 cm³/mol. The predicted octanol–water partition coefficient (Wildman–Crippen LogP) is 21.4. The van der Waals surface area contributed by atoms with Gasteiger partial charge in [-0.3, -0.25) is 9.59 Å². The first-order valence-corrected chi connectivity index (χ1v) is 33.6. The summed E-state index contributed by atoms with van der Waals surface area (Å²) in [6.45, 7) is 4.91. The Kier molecular flexibility index (Phi) is 62.4. The average Bonchev–Trinajstić information content (AvgIpc) is 3.40. The van der Waals surface area contributed by atoms with E-state index in [9.17, 15) is 19.8 Å². The monoisotopic (exact) mass is 1040 g/mol. The van der Waals surface area contributed by atoms with E-state index in [0.29, 0.717) is 19.4 Å². The Morgan fingerprint density at radius 3 is 0.959 bits per heavy atom. The molecule has 0 radical (unpaired) electrons. The van der Waals surface area contributed by atoms with Crippen molar-refractivity contribution in [2.24, 2.45) is 0 Å². The van der Waals surface area contributed by atoms with E-state index in [2.05, 4.69) is 31.3 Å². The molecule has 3 N–H and O–H groups in total. The fourth-order valence-corrected chi connectivity index (χ4v) is 10.6. The number of hydrogen-bond acceptors (Lipinski definition) is 5. The lowest BCUT2D eigenvalue weighted by Crippen LogP contribution is -2.45. The van der Waals surface area contributed by atoms with Gasteiger partial charge >= 0.3 is 5.97 Å². The summed E-state index contributed by atoms with van der Waals surface area (Å²) in [5.74, 6) is -0.0452. The van der Waals surface area contributed by atoms with Crippen molar-refractivity contribution in [2.75, 3.05) is 13.2 Å². The smallest absolute Gasteiger partial charge is 0.305 e. The Morgan fingerprint density at radius 2 is 0.635 bits per heavy atom. The molecule has 0 aliphatic heterocycles. The lowest BCUT2D eigenvalue weighted by Gasteiger charge is -2.20. The van der Waals surface area contributed by atoms with Crippen LogP contribution in [0.1, 0.15) is 373 Å². The maximum atomic E-state index is 12.4. The molecular weight excluding hydrogens is 911 g/mol. The Hall–Kier alpha value is -1.66. The molecule has 438 valence electrons. The SMILES string of the molecule is CCCCCCCCCC/C=C/C(O)C(CO)NC(=O)CCCCCCCCCCCCCCCCC/C=C\CCCCCCCCCCCCCCOC(=O)CCCCCCCCCCCCCCCCCC. The van der Waals surface area contributed by atoms with Crippen molar-refractivity contribution in [3.8, 4) is 0 Å². The van der Waals surface area contributed by atoms with Gasteiger partial charge in [0, 0.05) is 12.8 Å². The average molecular weight is 1040 g/mol. The van der Waals surface area contributed by atoms with Crippen molar-refractivity contribution >= 4 is 11.9 Å². The van der Waals surface area contributed by atoms with E-state index in [1.807, 2.05) is 6.08 Å². The van der Waals surface area contributed by atoms with E-state index in [4.69, 9.17) is 4.74 Å². The van der Waals surface area contributed by atoms with Gasteiger partial charge in [0.15, 0.2) is 0 Å². The molecule has 0 aromatic carbocycles. The minimum Gasteiger partial charge on any atom is -0.466 e. The van der Waals surface area contributed by atoms with Crippen LogP contribution in [0.25, 0.3) is 0 Å². The molecule has 0 saturated heterocycles. The Bertz CT molecular complexity index is 1150. The van der Waals surface area contributed by atoms with Gasteiger partial charge in [-0.2, -0.15) is 0 Å². The van der Waals surface area contributed by atoms with Crippen LogP contribution in [0.5, 0.6) is 0 Å². The lowest BCUT2D eigenvalue weighted by molar-refractivity contribution is -0.143. The van der Waals surface area contributed by atoms with Crippen LogP contribution in [0.4, 0.5) is 0 Å². The van der Waals surface area contributed by atoms with Gasteiger partial charge in [-0.25, -0.2) is 0 Å². The number of amides is 1. The first-order valence-electron chi connectivity index (χ1n) is 33.6. The van der Waals surface area contributed by atoms with E-state index in [0.717, 1.165) is 38.5 Å². The lowest BCUT2D eigenvalue weighted by atomic mass is 10.0. The summed E-state index contributed by atoms with van der Waals surface area (Å²) in [6.07, 6.45) is 79.8. The second kappa shape index (κ2) is 63.9. The van der Waals surface area contributed by atoms with Gasteiger partial charge in [-0.05, 0) is 57.8 Å². The zero-order valence-corrected chi connectivity index (χ0v) is 50.1. The summed E-state index contributed by atoms with van der Waals surface area (Å²) in [4.78, 5) is 24.5. The number of ether oxygens (including phenoxy) is 1. The van der Waals surface area contributed by atoms with Crippen molar-refractivity contribution in [2.45, 2.75) is 386 Å². The number of carbonyl (C=O) groups excluding carboxylic acids is 2. The molecule has 0 saturated carbocycles. The fourth-order valence-electron chi connectivity index (χ4n) is 10.6. The molecule has 0 spiro atoms. The molecular formula is C68H131NO5. The molecule has 0 aromatic rings. The van der Waals surface area contributed by atoms with Crippen molar-refractivity contribution in [1.82, 2.24) is 5.32 Å². The van der Waals surface area contributed by atoms with E-state index in [-0.39, 0.29) is 18.5 Å². The van der Waals surface area contributed by atoms with Gasteiger partial charge in [0.25, 0.3) is 0 Å². The van der Waals surface area contributed by atoms with Crippen molar-refractivity contribution in [3.63, 3.8) is 0 Å². The van der Waals surface area contributed by atoms with Gasteiger partial charge in [0.1, 0.15) is 0 Å². The number of unbranched alkanes of at least 4 members (excludes halogenated alkanes) is 50. The fraction of sp³-hybridized carbons (Fsp3) is 0.912. The van der Waals surface area contributed by atoms with Crippen LogP contribution in [-0.2, 0) is 14.3 Å². The molecule has 1 amide bonds. The number of aliphatic hydroxyl groups excluding tert-OH is 2. The van der Waals surface area contributed by atoms with E-state index < -0.39 is 12.1 Å². The third-order valence-electron chi connectivity index (χ3n) is 15.7. The molecule has 0 aliphatic rings. The van der Waals surface area contributed by atoms with Crippen LogP contribution in [0.3, 0.4) is 0 Å². The van der Waals surface area contributed by atoms with Crippen LogP contribution >= 0.6 is 0 Å². The minimum absolute atomic E-state index is 0.0212. The Morgan fingerprint density at radius 1 is 0.365 bits per heavy atom. The topological polar surface area (TPSA) is 95.9 Å². The standard InChI is InChI=1S/C68H131NO5/c1-3-5-7-9-11-13-15-16-17-36-39-42-46-50-54-58-62-68(73)74-63-59-55-51-47-43-40-37-34-32-30-28-26-24-22-20-18-19-21-23-25-27-29-31-33-35-38-41-45-49-53-57-61-67(72)69-65(64-70)66(71)60-56-52-48-44-14-12-10-8-6-4-2/h20,22,56,60,65-66,70-71H,3-19,21,23-55,57-59,61-64H2,1-2H3,(H,69,72)/b22-20-,60-56+. The van der Waals surface area contributed by atoms with E-state index >= 15 is 0 Å². The van der Waals surface area contributed by atoms with Gasteiger partial charge in [0.05, 0.1) is 25.4 Å². The van der Waals surface area contributed by atoms with E-state index in [1.54, 1.807) is 6.08 Å². The second-order valence-electron chi connectivity index (χ2n) is 23.2. The van der Waals surface area contributed by atoms with Crippen LogP contribution < -0.4 is 5.32 Å². The number of allylic oxidation sites excluding steroid dienone is 3. The van der Waals surface area contributed by atoms with Crippen molar-refractivity contribution in [3.05, 3.63) is 24.3 Å². The number of hydrogen-bond donors (Lipinski definition) is 3. The number of rotatable bonds is 63. The number of nitrogens with one attached hydrogen (secondary N) is 1. The highest BCUT2D eigenvalue weighted by Crippen LogP contribution is 2.18. The van der Waals surface area contributed by atoms with Crippen LogP contribution in [0.15, 0.2) is 24.3 Å². The zero-order valence-electron chi connectivity index (χ0n) is 50.1.